The van der Waals surface area contributed by atoms with Crippen molar-refractivity contribution in [1.29, 1.82) is 0 Å². The summed E-state index contributed by atoms with van der Waals surface area (Å²) in [4.78, 5) is 11.5. The van der Waals surface area contributed by atoms with E-state index in [4.69, 9.17) is 9.47 Å². The minimum absolute atomic E-state index is 0.131. The summed E-state index contributed by atoms with van der Waals surface area (Å²) in [5, 5.41) is 0. The Morgan fingerprint density at radius 3 is 2.60 bits per heavy atom. The Balaban J connectivity index is 1.89. The predicted molar refractivity (Wildman–Crippen MR) is 101 cm³/mol. The highest BCUT2D eigenvalue weighted by atomic mass is 16.5. The van der Waals surface area contributed by atoms with E-state index in [9.17, 15) is 4.79 Å². The molecule has 2 aromatic carbocycles. The van der Waals surface area contributed by atoms with Gasteiger partial charge in [-0.25, -0.2) is 4.79 Å². The molecule has 0 aromatic heterocycles. The van der Waals surface area contributed by atoms with Crippen molar-refractivity contribution in [3.8, 4) is 5.75 Å². The molecule has 0 spiro atoms. The third kappa shape index (κ3) is 3.60. The third-order valence-electron chi connectivity index (χ3n) is 4.86. The fraction of sp³-hybridized carbons (Fsp3) is 0.318. The Labute approximate surface area is 149 Å². The smallest absolute Gasteiger partial charge is 0.337 e. The van der Waals surface area contributed by atoms with Gasteiger partial charge in [-0.2, -0.15) is 0 Å². The van der Waals surface area contributed by atoms with Gasteiger partial charge < -0.3 is 9.47 Å². The topological polar surface area (TPSA) is 35.5 Å². The average Bonchev–Trinajstić information content (AvgIpc) is 2.61. The van der Waals surface area contributed by atoms with Crippen LogP contribution in [0.3, 0.4) is 0 Å². The van der Waals surface area contributed by atoms with Gasteiger partial charge in [-0.15, -0.1) is 0 Å². The fourth-order valence-corrected chi connectivity index (χ4v) is 3.15. The van der Waals surface area contributed by atoms with Crippen molar-refractivity contribution in [1.82, 2.24) is 0 Å². The van der Waals surface area contributed by atoms with Gasteiger partial charge in [-0.05, 0) is 59.7 Å². The maximum atomic E-state index is 11.5. The van der Waals surface area contributed by atoms with Crippen LogP contribution in [0.2, 0.25) is 0 Å². The molecule has 130 valence electrons. The highest BCUT2D eigenvalue weighted by Crippen LogP contribution is 2.39. The molecule has 0 aliphatic carbocycles. The molecule has 0 amide bonds. The molecular formula is C22H24O3. The molecule has 0 fully saturated rings. The first-order chi connectivity index (χ1) is 11.9. The van der Waals surface area contributed by atoms with E-state index >= 15 is 0 Å². The molecule has 0 saturated heterocycles. The molecule has 2 aromatic rings. The van der Waals surface area contributed by atoms with E-state index < -0.39 is 0 Å². The van der Waals surface area contributed by atoms with E-state index in [0.29, 0.717) is 5.56 Å². The van der Waals surface area contributed by atoms with Crippen LogP contribution >= 0.6 is 0 Å². The Hall–Kier alpha value is -2.55. The number of methoxy groups -OCH3 is 1. The molecule has 1 aliphatic heterocycles. The van der Waals surface area contributed by atoms with E-state index in [-0.39, 0.29) is 11.4 Å². The predicted octanol–water partition coefficient (Wildman–Crippen LogP) is 5.09. The number of esters is 1. The van der Waals surface area contributed by atoms with Crippen LogP contribution in [0.25, 0.3) is 11.6 Å². The zero-order chi connectivity index (χ0) is 18.0. The summed E-state index contributed by atoms with van der Waals surface area (Å²) >= 11 is 0. The first kappa shape index (κ1) is 17.3. The molecule has 0 N–H and O–H groups in total. The molecule has 3 nitrogen and oxygen atoms in total. The molecule has 3 heteroatoms. The summed E-state index contributed by atoms with van der Waals surface area (Å²) in [7, 11) is 1.39. The number of hydrogen-bond donors (Lipinski definition) is 0. The average molecular weight is 338 g/mol. The minimum Gasteiger partial charge on any atom is -0.493 e. The molecule has 3 rings (SSSR count). The second-order valence-electron chi connectivity index (χ2n) is 7.13. The number of carbonyl (C=O) groups excluding carboxylic acids is 1. The summed E-state index contributed by atoms with van der Waals surface area (Å²) in [6.45, 7) is 7.42. The van der Waals surface area contributed by atoms with E-state index in [1.54, 1.807) is 12.1 Å². The highest BCUT2D eigenvalue weighted by molar-refractivity contribution is 5.90. The van der Waals surface area contributed by atoms with Crippen LogP contribution in [0, 0.1) is 0 Å². The first-order valence-corrected chi connectivity index (χ1v) is 8.55. The van der Waals surface area contributed by atoms with Crippen LogP contribution in [0.4, 0.5) is 0 Å². The van der Waals surface area contributed by atoms with Gasteiger partial charge in [0.15, 0.2) is 0 Å². The zero-order valence-corrected chi connectivity index (χ0v) is 15.3. The van der Waals surface area contributed by atoms with Crippen molar-refractivity contribution in [2.24, 2.45) is 0 Å². The van der Waals surface area contributed by atoms with E-state index in [2.05, 4.69) is 45.0 Å². The monoisotopic (exact) mass is 338 g/mol. The van der Waals surface area contributed by atoms with Crippen molar-refractivity contribution in [2.75, 3.05) is 13.7 Å². The van der Waals surface area contributed by atoms with Gasteiger partial charge in [0.2, 0.25) is 0 Å². The molecule has 25 heavy (non-hydrogen) atoms. The van der Waals surface area contributed by atoms with Crippen molar-refractivity contribution in [2.45, 2.75) is 32.6 Å². The van der Waals surface area contributed by atoms with Crippen LogP contribution < -0.4 is 4.74 Å². The van der Waals surface area contributed by atoms with Crippen LogP contribution in [0.5, 0.6) is 5.75 Å². The summed E-state index contributed by atoms with van der Waals surface area (Å²) in [5.74, 6) is 0.680. The number of ether oxygens (including phenoxy) is 2. The number of hydrogen-bond acceptors (Lipinski definition) is 3. The van der Waals surface area contributed by atoms with Crippen LogP contribution in [-0.4, -0.2) is 19.7 Å². The van der Waals surface area contributed by atoms with Gasteiger partial charge in [0.05, 0.1) is 19.3 Å². The molecule has 1 heterocycles. The Morgan fingerprint density at radius 1 is 1.20 bits per heavy atom. The summed E-state index contributed by atoms with van der Waals surface area (Å²) in [6.07, 6.45) is 3.15. The standard InChI is InChI=1S/C22H24O3/c1-15(13-16-5-7-17(8-6-16)21(23)24-4)18-9-10-20-19(14-18)22(2,3)11-12-25-20/h5-10,13-14H,11-12H2,1-4H3/b15-13-/i15+2. The SMILES string of the molecule is COC(=O)c1ccc(/C=[14C](/C)c2ccc3c(c2)C(C)(C)CCO3)cc1. The van der Waals surface area contributed by atoms with E-state index in [1.807, 2.05) is 12.1 Å². The van der Waals surface area contributed by atoms with Crippen molar-refractivity contribution < 1.29 is 14.3 Å². The van der Waals surface area contributed by atoms with Gasteiger partial charge in [0.25, 0.3) is 0 Å². The van der Waals surface area contributed by atoms with Gasteiger partial charge in [0, 0.05) is 5.56 Å². The molecular weight excluding hydrogens is 314 g/mol. The van der Waals surface area contributed by atoms with Crippen LogP contribution in [0.15, 0.2) is 42.5 Å². The highest BCUT2D eigenvalue weighted by Gasteiger charge is 2.28. The number of fused-ring (bicyclic) bond motifs is 1. The van der Waals surface area contributed by atoms with Gasteiger partial charge >= 0.3 is 5.97 Å². The molecule has 0 bridgehead atoms. The van der Waals surface area contributed by atoms with E-state index in [0.717, 1.165) is 24.3 Å². The quantitative estimate of drug-likeness (QED) is 0.577. The summed E-state index contributed by atoms with van der Waals surface area (Å²) < 4.78 is 10.5. The first-order valence-electron chi connectivity index (χ1n) is 8.55. The second kappa shape index (κ2) is 6.75. The molecule has 0 saturated carbocycles. The van der Waals surface area contributed by atoms with Crippen LogP contribution in [-0.2, 0) is 10.2 Å². The number of rotatable bonds is 3. The number of carbonyl (C=O) groups is 1. The fourth-order valence-electron chi connectivity index (χ4n) is 3.15. The third-order valence-corrected chi connectivity index (χ3v) is 4.86. The normalized spacial score (nSPS) is 15.9. The molecule has 1 aliphatic rings. The van der Waals surface area contributed by atoms with Crippen molar-refractivity contribution in [3.05, 3.63) is 64.7 Å². The Morgan fingerprint density at radius 2 is 1.92 bits per heavy atom. The lowest BCUT2D eigenvalue weighted by molar-refractivity contribution is 0.0600. The lowest BCUT2D eigenvalue weighted by atomic mass is 9.79. The number of allylic oxidation sites excluding steroid dienone is 1. The summed E-state index contributed by atoms with van der Waals surface area (Å²) in [5.41, 5.74) is 5.38. The largest absolute Gasteiger partial charge is 0.493 e. The van der Waals surface area contributed by atoms with Gasteiger partial charge in [-0.1, -0.05) is 38.1 Å². The van der Waals surface area contributed by atoms with Crippen LogP contribution in [0.1, 0.15) is 54.2 Å². The second-order valence-corrected chi connectivity index (χ2v) is 7.13. The maximum absolute atomic E-state index is 11.5. The molecule has 0 radical (unpaired) electrons. The molecule has 0 atom stereocenters. The van der Waals surface area contributed by atoms with Crippen molar-refractivity contribution in [3.63, 3.8) is 0 Å². The van der Waals surface area contributed by atoms with E-state index in [1.165, 1.54) is 23.8 Å². The summed E-state index contributed by atoms with van der Waals surface area (Å²) in [6, 6.07) is 13.9. The lowest BCUT2D eigenvalue weighted by Gasteiger charge is -2.32. The maximum Gasteiger partial charge on any atom is 0.337 e. The van der Waals surface area contributed by atoms with Gasteiger partial charge in [-0.3, -0.25) is 0 Å². The Bertz CT molecular complexity index is 814. The number of benzene rings is 2. The molecule has 0 unspecified atom stereocenters. The van der Waals surface area contributed by atoms with Gasteiger partial charge in [0.1, 0.15) is 5.75 Å². The Kier molecular flexibility index (Phi) is 4.67. The van der Waals surface area contributed by atoms with Crippen molar-refractivity contribution >= 4 is 17.6 Å². The zero-order valence-electron chi connectivity index (χ0n) is 15.3. The lowest BCUT2D eigenvalue weighted by Crippen LogP contribution is -2.26. The minimum atomic E-state index is -0.316.